The van der Waals surface area contributed by atoms with E-state index in [1.54, 1.807) is 18.4 Å². The lowest BCUT2D eigenvalue weighted by atomic mass is 10.4. The van der Waals surface area contributed by atoms with Crippen molar-refractivity contribution in [3.63, 3.8) is 0 Å². The van der Waals surface area contributed by atoms with Gasteiger partial charge < -0.3 is 4.74 Å². The van der Waals surface area contributed by atoms with Gasteiger partial charge in [0.2, 0.25) is 0 Å². The van der Waals surface area contributed by atoms with E-state index in [1.807, 2.05) is 6.92 Å². The van der Waals surface area contributed by atoms with Crippen LogP contribution in [-0.2, 0) is 11.3 Å². The summed E-state index contributed by atoms with van der Waals surface area (Å²) in [6, 6.07) is 0. The van der Waals surface area contributed by atoms with Crippen molar-refractivity contribution < 1.29 is 4.74 Å². The van der Waals surface area contributed by atoms with E-state index in [-0.39, 0.29) is 0 Å². The van der Waals surface area contributed by atoms with Gasteiger partial charge in [0.1, 0.15) is 0 Å². The maximum Gasteiger partial charge on any atom is 0.0897 e. The van der Waals surface area contributed by atoms with Crippen molar-refractivity contribution in [1.29, 1.82) is 0 Å². The van der Waals surface area contributed by atoms with E-state index in [0.29, 0.717) is 0 Å². The maximum absolute atomic E-state index is 5.00. The SMILES string of the molecule is COCCN(C)Cc1csc(C)n1. The Morgan fingerprint density at radius 3 is 2.92 bits per heavy atom. The van der Waals surface area contributed by atoms with Crippen LogP contribution in [0.3, 0.4) is 0 Å². The molecule has 0 radical (unpaired) electrons. The molecule has 4 heteroatoms. The number of aryl methyl sites for hydroxylation is 1. The lowest BCUT2D eigenvalue weighted by Gasteiger charge is -2.13. The summed E-state index contributed by atoms with van der Waals surface area (Å²) >= 11 is 1.70. The molecule has 0 amide bonds. The Bertz CT molecular complexity index is 250. The Balaban J connectivity index is 2.31. The van der Waals surface area contributed by atoms with Crippen molar-refractivity contribution >= 4 is 11.3 Å². The van der Waals surface area contributed by atoms with Crippen molar-refractivity contribution in [2.75, 3.05) is 27.3 Å². The second kappa shape index (κ2) is 5.32. The standard InChI is InChI=1S/C9H16N2OS/c1-8-10-9(7-13-8)6-11(2)4-5-12-3/h7H,4-6H2,1-3H3. The van der Waals surface area contributed by atoms with Crippen LogP contribution < -0.4 is 0 Å². The van der Waals surface area contributed by atoms with E-state index in [9.17, 15) is 0 Å². The first-order valence-electron chi connectivity index (χ1n) is 4.31. The zero-order valence-electron chi connectivity index (χ0n) is 8.41. The molecule has 0 aliphatic heterocycles. The Morgan fingerprint density at radius 2 is 2.38 bits per heavy atom. The Kier molecular flexibility index (Phi) is 4.35. The summed E-state index contributed by atoms with van der Waals surface area (Å²) < 4.78 is 5.00. The number of thiazole rings is 1. The molecule has 0 aliphatic rings. The molecule has 1 heterocycles. The average Bonchev–Trinajstić information content (AvgIpc) is 2.48. The highest BCUT2D eigenvalue weighted by Gasteiger charge is 2.02. The second-order valence-electron chi connectivity index (χ2n) is 3.09. The number of aromatic nitrogens is 1. The summed E-state index contributed by atoms with van der Waals surface area (Å²) in [5.41, 5.74) is 1.15. The van der Waals surface area contributed by atoms with E-state index in [1.165, 1.54) is 0 Å². The van der Waals surface area contributed by atoms with Crippen LogP contribution in [0, 0.1) is 6.92 Å². The predicted octanol–water partition coefficient (Wildman–Crippen LogP) is 1.53. The van der Waals surface area contributed by atoms with Gasteiger partial charge in [0.15, 0.2) is 0 Å². The van der Waals surface area contributed by atoms with Gasteiger partial charge in [-0.2, -0.15) is 0 Å². The van der Waals surface area contributed by atoms with Gasteiger partial charge in [-0.3, -0.25) is 4.90 Å². The number of hydrogen-bond donors (Lipinski definition) is 0. The Hall–Kier alpha value is -0.450. The van der Waals surface area contributed by atoms with Gasteiger partial charge in [-0.15, -0.1) is 11.3 Å². The molecular formula is C9H16N2OS. The molecular weight excluding hydrogens is 184 g/mol. The lowest BCUT2D eigenvalue weighted by Crippen LogP contribution is -2.22. The predicted molar refractivity (Wildman–Crippen MR) is 55.1 cm³/mol. The molecule has 0 N–H and O–H groups in total. The summed E-state index contributed by atoms with van der Waals surface area (Å²) in [5.74, 6) is 0. The monoisotopic (exact) mass is 200 g/mol. The van der Waals surface area contributed by atoms with Crippen molar-refractivity contribution in [2.45, 2.75) is 13.5 Å². The average molecular weight is 200 g/mol. The van der Waals surface area contributed by atoms with E-state index in [4.69, 9.17) is 4.74 Å². The van der Waals surface area contributed by atoms with Gasteiger partial charge in [-0.25, -0.2) is 4.98 Å². The topological polar surface area (TPSA) is 25.4 Å². The molecule has 0 unspecified atom stereocenters. The maximum atomic E-state index is 5.00. The van der Waals surface area contributed by atoms with Crippen LogP contribution in [0.4, 0.5) is 0 Å². The number of nitrogens with zero attached hydrogens (tertiary/aromatic N) is 2. The summed E-state index contributed by atoms with van der Waals surface area (Å²) in [6.07, 6.45) is 0. The van der Waals surface area contributed by atoms with Gasteiger partial charge in [0.25, 0.3) is 0 Å². The van der Waals surface area contributed by atoms with E-state index < -0.39 is 0 Å². The molecule has 1 rings (SSSR count). The quantitative estimate of drug-likeness (QED) is 0.720. The molecule has 3 nitrogen and oxygen atoms in total. The Morgan fingerprint density at radius 1 is 1.62 bits per heavy atom. The van der Waals surface area contributed by atoms with Crippen LogP contribution in [0.25, 0.3) is 0 Å². The molecule has 0 aliphatic carbocycles. The first kappa shape index (κ1) is 10.6. The fourth-order valence-corrected chi connectivity index (χ4v) is 1.69. The van der Waals surface area contributed by atoms with Crippen molar-refractivity contribution in [3.8, 4) is 0 Å². The second-order valence-corrected chi connectivity index (χ2v) is 4.15. The summed E-state index contributed by atoms with van der Waals surface area (Å²) in [5, 5.41) is 3.24. The first-order valence-corrected chi connectivity index (χ1v) is 5.19. The number of hydrogen-bond acceptors (Lipinski definition) is 4. The van der Waals surface area contributed by atoms with Crippen LogP contribution >= 0.6 is 11.3 Å². The van der Waals surface area contributed by atoms with Crippen molar-refractivity contribution in [3.05, 3.63) is 16.1 Å². The third-order valence-corrected chi connectivity index (χ3v) is 2.60. The van der Waals surface area contributed by atoms with Gasteiger partial charge in [-0.05, 0) is 14.0 Å². The summed E-state index contributed by atoms with van der Waals surface area (Å²) in [7, 11) is 3.80. The number of methoxy groups -OCH3 is 1. The molecule has 0 spiro atoms. The fourth-order valence-electron chi connectivity index (χ4n) is 1.08. The lowest BCUT2D eigenvalue weighted by molar-refractivity contribution is 0.158. The van der Waals surface area contributed by atoms with Crippen LogP contribution in [0.1, 0.15) is 10.7 Å². The summed E-state index contributed by atoms with van der Waals surface area (Å²) in [6.45, 7) is 4.67. The van der Waals surface area contributed by atoms with Gasteiger partial charge >= 0.3 is 0 Å². The molecule has 0 saturated carbocycles. The van der Waals surface area contributed by atoms with Crippen molar-refractivity contribution in [2.24, 2.45) is 0 Å². The highest BCUT2D eigenvalue weighted by molar-refractivity contribution is 7.09. The molecule has 74 valence electrons. The smallest absolute Gasteiger partial charge is 0.0897 e. The minimum absolute atomic E-state index is 0.777. The number of rotatable bonds is 5. The largest absolute Gasteiger partial charge is 0.383 e. The molecule has 13 heavy (non-hydrogen) atoms. The molecule has 0 fully saturated rings. The van der Waals surface area contributed by atoms with E-state index >= 15 is 0 Å². The molecule has 1 aromatic heterocycles. The van der Waals surface area contributed by atoms with Gasteiger partial charge in [-0.1, -0.05) is 0 Å². The first-order chi connectivity index (χ1) is 6.22. The molecule has 0 aromatic carbocycles. The van der Waals surface area contributed by atoms with Crippen LogP contribution in [-0.4, -0.2) is 37.2 Å². The zero-order chi connectivity index (χ0) is 9.68. The molecule has 1 aromatic rings. The van der Waals surface area contributed by atoms with Crippen LogP contribution in [0.5, 0.6) is 0 Å². The fraction of sp³-hybridized carbons (Fsp3) is 0.667. The highest BCUT2D eigenvalue weighted by atomic mass is 32.1. The van der Waals surface area contributed by atoms with Crippen LogP contribution in [0.15, 0.2) is 5.38 Å². The van der Waals surface area contributed by atoms with Crippen molar-refractivity contribution in [1.82, 2.24) is 9.88 Å². The number of likely N-dealkylation sites (N-methyl/N-ethyl adjacent to an activating group) is 1. The van der Waals surface area contributed by atoms with E-state index in [2.05, 4.69) is 22.3 Å². The molecule has 0 atom stereocenters. The highest BCUT2D eigenvalue weighted by Crippen LogP contribution is 2.09. The molecule has 0 bridgehead atoms. The van der Waals surface area contributed by atoms with Gasteiger partial charge in [0.05, 0.1) is 17.3 Å². The van der Waals surface area contributed by atoms with E-state index in [0.717, 1.165) is 30.4 Å². The minimum Gasteiger partial charge on any atom is -0.383 e. The molecule has 0 saturated heterocycles. The third kappa shape index (κ3) is 3.85. The van der Waals surface area contributed by atoms with Gasteiger partial charge in [0, 0.05) is 25.6 Å². The number of ether oxygens (including phenoxy) is 1. The summed E-state index contributed by atoms with van der Waals surface area (Å²) in [4.78, 5) is 6.60. The van der Waals surface area contributed by atoms with Crippen LogP contribution in [0.2, 0.25) is 0 Å². The Labute approximate surface area is 83.4 Å². The zero-order valence-corrected chi connectivity index (χ0v) is 9.23. The third-order valence-electron chi connectivity index (χ3n) is 1.78. The minimum atomic E-state index is 0.777. The normalized spacial score (nSPS) is 11.1.